The van der Waals surface area contributed by atoms with Gasteiger partial charge in [-0.05, 0) is 30.4 Å². The van der Waals surface area contributed by atoms with Crippen LogP contribution >= 0.6 is 0 Å². The van der Waals surface area contributed by atoms with Gasteiger partial charge in [0.15, 0.2) is 0 Å². The quantitative estimate of drug-likeness (QED) is 0.660. The van der Waals surface area contributed by atoms with Crippen molar-refractivity contribution in [3.63, 3.8) is 0 Å². The van der Waals surface area contributed by atoms with Crippen molar-refractivity contribution >= 4 is 23.9 Å². The van der Waals surface area contributed by atoms with E-state index < -0.39 is 36.0 Å². The molecule has 0 aromatic heterocycles. The molecule has 1 aliphatic heterocycles. The van der Waals surface area contributed by atoms with Crippen molar-refractivity contribution in [2.45, 2.75) is 45.6 Å². The summed E-state index contributed by atoms with van der Waals surface area (Å²) in [7, 11) is 0. The highest BCUT2D eigenvalue weighted by Crippen LogP contribution is 2.29. The van der Waals surface area contributed by atoms with Crippen molar-refractivity contribution in [1.29, 1.82) is 0 Å². The number of carbonyl (C=O) groups excluding carboxylic acids is 4. The van der Waals surface area contributed by atoms with Gasteiger partial charge in [0.05, 0.1) is 0 Å². The molecule has 1 heterocycles. The number of imide groups is 2. The predicted octanol–water partition coefficient (Wildman–Crippen LogP) is 1.81. The SMILES string of the molecule is CCCNC(=O)NC(=O)CN1C(=O)N[C@@](C)(c2ccc(C(C)C)cc2)C1=O. The first-order chi connectivity index (χ1) is 12.7. The Labute approximate surface area is 158 Å². The van der Waals surface area contributed by atoms with Gasteiger partial charge in [-0.3, -0.25) is 19.8 Å². The van der Waals surface area contributed by atoms with Crippen LogP contribution in [0.15, 0.2) is 24.3 Å². The fraction of sp³-hybridized carbons (Fsp3) is 0.474. The third kappa shape index (κ3) is 4.45. The van der Waals surface area contributed by atoms with E-state index in [2.05, 4.69) is 29.8 Å². The Morgan fingerprint density at radius 2 is 1.81 bits per heavy atom. The number of urea groups is 2. The van der Waals surface area contributed by atoms with Gasteiger partial charge in [0.25, 0.3) is 5.91 Å². The van der Waals surface area contributed by atoms with Crippen molar-refractivity contribution in [1.82, 2.24) is 20.9 Å². The summed E-state index contributed by atoms with van der Waals surface area (Å²) in [6, 6.07) is 6.11. The molecule has 0 spiro atoms. The number of carbonyl (C=O) groups is 4. The molecule has 1 saturated heterocycles. The summed E-state index contributed by atoms with van der Waals surface area (Å²) >= 11 is 0. The number of nitrogens with zero attached hydrogens (tertiary/aromatic N) is 1. The lowest BCUT2D eigenvalue weighted by molar-refractivity contribution is -0.134. The van der Waals surface area contributed by atoms with Crippen molar-refractivity contribution in [2.24, 2.45) is 0 Å². The van der Waals surface area contributed by atoms with E-state index in [1.165, 1.54) is 0 Å². The second-order valence-corrected chi connectivity index (χ2v) is 7.03. The number of hydrogen-bond acceptors (Lipinski definition) is 4. The average molecular weight is 374 g/mol. The second kappa shape index (κ2) is 8.20. The van der Waals surface area contributed by atoms with Gasteiger partial charge in [-0.2, -0.15) is 0 Å². The molecule has 27 heavy (non-hydrogen) atoms. The smallest absolute Gasteiger partial charge is 0.325 e. The molecule has 2 rings (SSSR count). The van der Waals surface area contributed by atoms with Gasteiger partial charge in [-0.15, -0.1) is 0 Å². The Balaban J connectivity index is 2.09. The van der Waals surface area contributed by atoms with E-state index in [9.17, 15) is 19.2 Å². The third-order valence-corrected chi connectivity index (χ3v) is 4.52. The number of benzene rings is 1. The van der Waals surface area contributed by atoms with E-state index in [-0.39, 0.29) is 0 Å². The maximum absolute atomic E-state index is 12.8. The fourth-order valence-corrected chi connectivity index (χ4v) is 2.83. The lowest BCUT2D eigenvalue weighted by atomic mass is 9.90. The molecule has 0 bridgehead atoms. The Bertz CT molecular complexity index is 745. The predicted molar refractivity (Wildman–Crippen MR) is 100.0 cm³/mol. The molecule has 146 valence electrons. The summed E-state index contributed by atoms with van der Waals surface area (Å²) < 4.78 is 0. The highest BCUT2D eigenvalue weighted by atomic mass is 16.2. The minimum Gasteiger partial charge on any atom is -0.338 e. The average Bonchev–Trinajstić information content (AvgIpc) is 2.84. The summed E-state index contributed by atoms with van der Waals surface area (Å²) in [6.07, 6.45) is 0.725. The zero-order valence-corrected chi connectivity index (χ0v) is 16.1. The Kier molecular flexibility index (Phi) is 6.20. The van der Waals surface area contributed by atoms with Gasteiger partial charge in [0.2, 0.25) is 5.91 Å². The van der Waals surface area contributed by atoms with E-state index in [0.717, 1.165) is 16.9 Å². The maximum Gasteiger partial charge on any atom is 0.325 e. The molecule has 8 nitrogen and oxygen atoms in total. The minimum atomic E-state index is -1.25. The van der Waals surface area contributed by atoms with Crippen LogP contribution in [0.1, 0.15) is 51.2 Å². The summed E-state index contributed by atoms with van der Waals surface area (Å²) in [5, 5.41) is 7.24. The molecule has 1 fully saturated rings. The highest BCUT2D eigenvalue weighted by Gasteiger charge is 2.49. The van der Waals surface area contributed by atoms with Gasteiger partial charge >= 0.3 is 12.1 Å². The van der Waals surface area contributed by atoms with E-state index in [1.807, 2.05) is 19.1 Å². The largest absolute Gasteiger partial charge is 0.338 e. The molecule has 1 atom stereocenters. The molecule has 6 amide bonds. The van der Waals surface area contributed by atoms with Crippen LogP contribution in [0.2, 0.25) is 0 Å². The Morgan fingerprint density at radius 3 is 2.37 bits per heavy atom. The van der Waals surface area contributed by atoms with Crippen LogP contribution < -0.4 is 16.0 Å². The molecule has 1 aliphatic rings. The molecule has 0 saturated carbocycles. The van der Waals surface area contributed by atoms with Crippen molar-refractivity contribution in [2.75, 3.05) is 13.1 Å². The molecule has 0 radical (unpaired) electrons. The zero-order chi connectivity index (χ0) is 20.2. The second-order valence-electron chi connectivity index (χ2n) is 7.03. The van der Waals surface area contributed by atoms with Crippen LogP contribution in [0.3, 0.4) is 0 Å². The Hall–Kier alpha value is -2.90. The molecule has 0 unspecified atom stereocenters. The summed E-state index contributed by atoms with van der Waals surface area (Å²) in [6.45, 7) is 7.51. The van der Waals surface area contributed by atoms with Gasteiger partial charge in [0.1, 0.15) is 12.1 Å². The zero-order valence-electron chi connectivity index (χ0n) is 16.1. The first kappa shape index (κ1) is 20.4. The topological polar surface area (TPSA) is 108 Å². The van der Waals surface area contributed by atoms with E-state index >= 15 is 0 Å². The minimum absolute atomic E-state index is 0.347. The molecule has 3 N–H and O–H groups in total. The standard InChI is InChI=1S/C19H26N4O4/c1-5-10-20-17(26)21-15(24)11-23-16(25)19(4,22-18(23)27)14-8-6-13(7-9-14)12(2)3/h6-9,12H,5,10-11H2,1-4H3,(H,22,27)(H2,20,21,24,26)/t19-/m0/s1. The fourth-order valence-electron chi connectivity index (χ4n) is 2.83. The highest BCUT2D eigenvalue weighted by molar-refractivity contribution is 6.10. The molecule has 0 aliphatic carbocycles. The van der Waals surface area contributed by atoms with Crippen LogP contribution in [-0.4, -0.2) is 41.9 Å². The molecule has 1 aromatic carbocycles. The number of rotatable bonds is 6. The van der Waals surface area contributed by atoms with Gasteiger partial charge < -0.3 is 10.6 Å². The normalized spacial score (nSPS) is 19.2. The van der Waals surface area contributed by atoms with E-state index in [1.54, 1.807) is 19.1 Å². The summed E-state index contributed by atoms with van der Waals surface area (Å²) in [5.74, 6) is -0.916. The van der Waals surface area contributed by atoms with Crippen LogP contribution in [0.25, 0.3) is 0 Å². The van der Waals surface area contributed by atoms with Crippen molar-refractivity contribution in [3.05, 3.63) is 35.4 Å². The van der Waals surface area contributed by atoms with E-state index in [0.29, 0.717) is 18.0 Å². The molecular weight excluding hydrogens is 348 g/mol. The first-order valence-corrected chi connectivity index (χ1v) is 9.01. The molecule has 1 aromatic rings. The Morgan fingerprint density at radius 1 is 1.19 bits per heavy atom. The van der Waals surface area contributed by atoms with Gasteiger partial charge in [-0.1, -0.05) is 45.0 Å². The van der Waals surface area contributed by atoms with Crippen molar-refractivity contribution in [3.8, 4) is 0 Å². The van der Waals surface area contributed by atoms with E-state index in [4.69, 9.17) is 0 Å². The lowest BCUT2D eigenvalue weighted by Crippen LogP contribution is -2.47. The summed E-state index contributed by atoms with van der Waals surface area (Å²) in [4.78, 5) is 49.4. The number of hydrogen-bond donors (Lipinski definition) is 3. The number of amides is 6. The van der Waals surface area contributed by atoms with Crippen molar-refractivity contribution < 1.29 is 19.2 Å². The first-order valence-electron chi connectivity index (χ1n) is 9.01. The summed E-state index contributed by atoms with van der Waals surface area (Å²) in [5.41, 5.74) is 0.499. The molecular formula is C19H26N4O4. The third-order valence-electron chi connectivity index (χ3n) is 4.52. The van der Waals surface area contributed by atoms with Gasteiger partial charge in [0, 0.05) is 6.54 Å². The maximum atomic E-state index is 12.8. The number of nitrogens with one attached hydrogen (secondary N) is 3. The van der Waals surface area contributed by atoms with Crippen LogP contribution in [-0.2, 0) is 15.1 Å². The molecule has 8 heteroatoms. The monoisotopic (exact) mass is 374 g/mol. The van der Waals surface area contributed by atoms with Crippen LogP contribution in [0.5, 0.6) is 0 Å². The van der Waals surface area contributed by atoms with Crippen LogP contribution in [0, 0.1) is 0 Å². The lowest BCUT2D eigenvalue weighted by Gasteiger charge is -2.22. The van der Waals surface area contributed by atoms with Crippen LogP contribution in [0.4, 0.5) is 9.59 Å². The van der Waals surface area contributed by atoms with Gasteiger partial charge in [-0.25, -0.2) is 9.59 Å².